The van der Waals surface area contributed by atoms with Crippen molar-refractivity contribution in [2.45, 2.75) is 32.6 Å². The lowest BCUT2D eigenvalue weighted by Crippen LogP contribution is -2.47. The van der Waals surface area contributed by atoms with Crippen LogP contribution in [0.3, 0.4) is 0 Å². The van der Waals surface area contributed by atoms with E-state index in [1.807, 2.05) is 0 Å². The Kier molecular flexibility index (Phi) is 8.22. The molecule has 6 nitrogen and oxygen atoms in total. The van der Waals surface area contributed by atoms with Crippen LogP contribution in [0.4, 0.5) is 0 Å². The van der Waals surface area contributed by atoms with E-state index < -0.39 is 0 Å². The first-order valence-corrected chi connectivity index (χ1v) is 7.64. The van der Waals surface area contributed by atoms with Crippen LogP contribution in [0.2, 0.25) is 0 Å². The number of carbonyl (C=O) groups is 2. The second-order valence-electron chi connectivity index (χ2n) is 5.36. The van der Waals surface area contributed by atoms with Gasteiger partial charge in [-0.1, -0.05) is 13.3 Å². The Morgan fingerprint density at radius 2 is 2.10 bits per heavy atom. The van der Waals surface area contributed by atoms with E-state index in [9.17, 15) is 9.59 Å². The van der Waals surface area contributed by atoms with Crippen molar-refractivity contribution in [2.24, 2.45) is 11.7 Å². The third-order valence-electron chi connectivity index (χ3n) is 3.54. The van der Waals surface area contributed by atoms with Gasteiger partial charge >= 0.3 is 0 Å². The van der Waals surface area contributed by atoms with Gasteiger partial charge in [-0.2, -0.15) is 0 Å². The number of nitrogens with one attached hydrogen (secondary N) is 2. The van der Waals surface area contributed by atoms with E-state index in [1.54, 1.807) is 0 Å². The molecule has 4 N–H and O–H groups in total. The summed E-state index contributed by atoms with van der Waals surface area (Å²) in [5.74, 6) is 0.103. The highest BCUT2D eigenvalue weighted by molar-refractivity contribution is 5.80. The van der Waals surface area contributed by atoms with Gasteiger partial charge in [-0.25, -0.2) is 0 Å². The van der Waals surface area contributed by atoms with Crippen LogP contribution in [0, 0.1) is 5.92 Å². The van der Waals surface area contributed by atoms with Crippen LogP contribution in [0.25, 0.3) is 0 Å². The zero-order valence-corrected chi connectivity index (χ0v) is 12.5. The molecular formula is C14H28N4O2. The van der Waals surface area contributed by atoms with Gasteiger partial charge in [0.15, 0.2) is 0 Å². The Morgan fingerprint density at radius 1 is 1.30 bits per heavy atom. The third-order valence-corrected chi connectivity index (χ3v) is 3.54. The summed E-state index contributed by atoms with van der Waals surface area (Å²) in [6.07, 6.45) is 3.94. The maximum atomic E-state index is 11.9. The summed E-state index contributed by atoms with van der Waals surface area (Å²) >= 11 is 0. The van der Waals surface area contributed by atoms with Gasteiger partial charge < -0.3 is 16.4 Å². The van der Waals surface area contributed by atoms with Crippen molar-refractivity contribution >= 4 is 11.8 Å². The summed E-state index contributed by atoms with van der Waals surface area (Å²) in [5.41, 5.74) is 5.38. The van der Waals surface area contributed by atoms with Gasteiger partial charge in [0.2, 0.25) is 11.8 Å². The van der Waals surface area contributed by atoms with Crippen molar-refractivity contribution in [2.75, 3.05) is 39.3 Å². The molecule has 6 heteroatoms. The van der Waals surface area contributed by atoms with Gasteiger partial charge in [-0.05, 0) is 25.8 Å². The largest absolute Gasteiger partial charge is 0.355 e. The zero-order valence-electron chi connectivity index (χ0n) is 12.5. The first-order chi connectivity index (χ1) is 9.67. The first kappa shape index (κ1) is 16.9. The molecule has 20 heavy (non-hydrogen) atoms. The second-order valence-corrected chi connectivity index (χ2v) is 5.36. The van der Waals surface area contributed by atoms with Gasteiger partial charge in [-0.3, -0.25) is 14.5 Å². The predicted octanol–water partition coefficient (Wildman–Crippen LogP) is -0.310. The number of unbranched alkanes of at least 4 members (excludes halogenated alkanes) is 1. The molecule has 1 rings (SSSR count). The van der Waals surface area contributed by atoms with Crippen molar-refractivity contribution in [1.82, 2.24) is 15.5 Å². The summed E-state index contributed by atoms with van der Waals surface area (Å²) in [6.45, 7) is 5.77. The molecule has 1 aliphatic heterocycles. The maximum Gasteiger partial charge on any atom is 0.234 e. The molecule has 0 radical (unpaired) electrons. The van der Waals surface area contributed by atoms with Gasteiger partial charge in [-0.15, -0.1) is 0 Å². The molecule has 1 fully saturated rings. The zero-order chi connectivity index (χ0) is 14.8. The number of amides is 2. The van der Waals surface area contributed by atoms with Crippen LogP contribution in [0.15, 0.2) is 0 Å². The minimum absolute atomic E-state index is 0.0151. The molecule has 116 valence electrons. The van der Waals surface area contributed by atoms with E-state index in [2.05, 4.69) is 22.5 Å². The number of nitrogens with two attached hydrogens (primary N) is 1. The maximum absolute atomic E-state index is 11.9. The van der Waals surface area contributed by atoms with Gasteiger partial charge in [0, 0.05) is 26.2 Å². The fourth-order valence-corrected chi connectivity index (χ4v) is 2.42. The Morgan fingerprint density at radius 3 is 2.80 bits per heavy atom. The van der Waals surface area contributed by atoms with Crippen molar-refractivity contribution in [1.29, 1.82) is 0 Å². The number of carbonyl (C=O) groups excluding carboxylic acids is 2. The quantitative estimate of drug-likeness (QED) is 0.534. The SMILES string of the molecule is CCCCNC(=O)CN1CCCC(C(=O)NCCN)C1. The Labute approximate surface area is 121 Å². The monoisotopic (exact) mass is 284 g/mol. The van der Waals surface area contributed by atoms with Crippen molar-refractivity contribution < 1.29 is 9.59 Å². The summed E-state index contributed by atoms with van der Waals surface area (Å²) in [6, 6.07) is 0. The second kappa shape index (κ2) is 9.72. The third kappa shape index (κ3) is 6.34. The molecule has 0 saturated carbocycles. The fourth-order valence-electron chi connectivity index (χ4n) is 2.42. The van der Waals surface area contributed by atoms with Crippen LogP contribution in [0.5, 0.6) is 0 Å². The first-order valence-electron chi connectivity index (χ1n) is 7.64. The number of nitrogens with zero attached hydrogens (tertiary/aromatic N) is 1. The number of rotatable bonds is 8. The lowest BCUT2D eigenvalue weighted by molar-refractivity contribution is -0.128. The molecular weight excluding hydrogens is 256 g/mol. The molecule has 0 aliphatic carbocycles. The molecule has 1 saturated heterocycles. The summed E-state index contributed by atoms with van der Waals surface area (Å²) in [7, 11) is 0. The average molecular weight is 284 g/mol. The number of hydrogen-bond donors (Lipinski definition) is 3. The van der Waals surface area contributed by atoms with Crippen LogP contribution in [-0.4, -0.2) is 56.0 Å². The summed E-state index contributed by atoms with van der Waals surface area (Å²) < 4.78 is 0. The van der Waals surface area contributed by atoms with Gasteiger partial charge in [0.05, 0.1) is 12.5 Å². The Balaban J connectivity index is 2.29. The minimum atomic E-state index is -0.0151. The predicted molar refractivity (Wildman–Crippen MR) is 79.1 cm³/mol. The van der Waals surface area contributed by atoms with Gasteiger partial charge in [0.1, 0.15) is 0 Å². The highest BCUT2D eigenvalue weighted by Gasteiger charge is 2.26. The summed E-state index contributed by atoms with van der Waals surface area (Å²) in [5, 5.41) is 5.74. The molecule has 0 bridgehead atoms. The number of likely N-dealkylation sites (tertiary alicyclic amines) is 1. The lowest BCUT2D eigenvalue weighted by Gasteiger charge is -2.31. The van der Waals surface area contributed by atoms with E-state index in [4.69, 9.17) is 5.73 Å². The van der Waals surface area contributed by atoms with E-state index in [0.717, 1.165) is 38.8 Å². The average Bonchev–Trinajstić information content (AvgIpc) is 2.45. The lowest BCUT2D eigenvalue weighted by atomic mass is 9.97. The fraction of sp³-hybridized carbons (Fsp3) is 0.857. The molecule has 1 heterocycles. The van der Waals surface area contributed by atoms with E-state index in [-0.39, 0.29) is 17.7 Å². The highest BCUT2D eigenvalue weighted by atomic mass is 16.2. The standard InChI is InChI=1S/C14H28N4O2/c1-2-3-7-16-13(19)11-18-9-4-5-12(10-18)14(20)17-8-6-15/h12H,2-11,15H2,1H3,(H,16,19)(H,17,20). The minimum Gasteiger partial charge on any atom is -0.355 e. The van der Waals surface area contributed by atoms with E-state index in [0.29, 0.717) is 26.2 Å². The Bertz CT molecular complexity index is 310. The molecule has 0 spiro atoms. The van der Waals surface area contributed by atoms with Crippen molar-refractivity contribution in [3.63, 3.8) is 0 Å². The van der Waals surface area contributed by atoms with Crippen LogP contribution in [-0.2, 0) is 9.59 Å². The molecule has 1 atom stereocenters. The van der Waals surface area contributed by atoms with Gasteiger partial charge in [0.25, 0.3) is 0 Å². The highest BCUT2D eigenvalue weighted by Crippen LogP contribution is 2.16. The van der Waals surface area contributed by atoms with Crippen molar-refractivity contribution in [3.8, 4) is 0 Å². The molecule has 0 aromatic carbocycles. The number of piperidine rings is 1. The topological polar surface area (TPSA) is 87.5 Å². The molecule has 1 unspecified atom stereocenters. The smallest absolute Gasteiger partial charge is 0.234 e. The summed E-state index contributed by atoms with van der Waals surface area (Å²) in [4.78, 5) is 25.7. The molecule has 1 aliphatic rings. The van der Waals surface area contributed by atoms with Crippen LogP contribution in [0.1, 0.15) is 32.6 Å². The molecule has 0 aromatic heterocycles. The van der Waals surface area contributed by atoms with Crippen LogP contribution >= 0.6 is 0 Å². The van der Waals surface area contributed by atoms with Crippen LogP contribution < -0.4 is 16.4 Å². The molecule has 2 amide bonds. The van der Waals surface area contributed by atoms with E-state index >= 15 is 0 Å². The van der Waals surface area contributed by atoms with E-state index in [1.165, 1.54) is 0 Å². The molecule has 0 aromatic rings. The van der Waals surface area contributed by atoms with Crippen molar-refractivity contribution in [3.05, 3.63) is 0 Å². The number of hydrogen-bond acceptors (Lipinski definition) is 4. The Hall–Kier alpha value is -1.14. The normalized spacial score (nSPS) is 19.6.